The molecule has 2 N–H and O–H groups in total. The quantitative estimate of drug-likeness (QED) is 0.918. The second-order valence-corrected chi connectivity index (χ2v) is 6.86. The van der Waals surface area contributed by atoms with Crippen LogP contribution in [0.15, 0.2) is 39.8 Å². The maximum Gasteiger partial charge on any atom is 0.155 e. The highest BCUT2D eigenvalue weighted by atomic mass is 32.2. The highest BCUT2D eigenvalue weighted by Gasteiger charge is 2.37. The molecule has 4 nitrogen and oxygen atoms in total. The Kier molecular flexibility index (Phi) is 3.53. The van der Waals surface area contributed by atoms with E-state index in [-0.39, 0.29) is 10.8 Å². The number of aryl methyl sites for hydroxylation is 2. The summed E-state index contributed by atoms with van der Waals surface area (Å²) in [6.45, 7) is 6.08. The highest BCUT2D eigenvalue weighted by Crippen LogP contribution is 2.47. The first-order chi connectivity index (χ1) is 9.99. The lowest BCUT2D eigenvalue weighted by atomic mass is 9.86. The summed E-state index contributed by atoms with van der Waals surface area (Å²) in [6, 6.07) is 10.3. The largest absolute Gasteiger partial charge is 0.378 e. The Bertz CT molecular complexity index is 661. The monoisotopic (exact) mass is 301 g/mol. The molecule has 2 aromatic rings. The predicted molar refractivity (Wildman–Crippen MR) is 86.3 cm³/mol. The van der Waals surface area contributed by atoms with Crippen molar-refractivity contribution in [2.75, 3.05) is 0 Å². The van der Waals surface area contributed by atoms with Crippen LogP contribution in [0.3, 0.4) is 0 Å². The van der Waals surface area contributed by atoms with Crippen molar-refractivity contribution in [1.29, 1.82) is 0 Å². The summed E-state index contributed by atoms with van der Waals surface area (Å²) >= 11 is 1.60. The van der Waals surface area contributed by atoms with Crippen LogP contribution in [0.2, 0.25) is 0 Å². The van der Waals surface area contributed by atoms with Gasteiger partial charge in [0.15, 0.2) is 5.17 Å². The Balaban J connectivity index is 2.01. The maximum atomic E-state index is 6.11. The Morgan fingerprint density at radius 1 is 1.29 bits per heavy atom. The molecule has 0 saturated carbocycles. The molecule has 0 spiro atoms. The average Bonchev–Trinajstić information content (AvgIpc) is 2.78. The van der Waals surface area contributed by atoms with Crippen LogP contribution in [-0.4, -0.2) is 10.3 Å². The molecule has 0 amide bonds. The van der Waals surface area contributed by atoms with E-state index in [1.807, 2.05) is 32.0 Å². The molecule has 0 saturated heterocycles. The topological polar surface area (TPSA) is 64.4 Å². The van der Waals surface area contributed by atoms with Gasteiger partial charge >= 0.3 is 0 Å². The zero-order chi connectivity index (χ0) is 15.0. The minimum atomic E-state index is -0.308. The molecule has 21 heavy (non-hydrogen) atoms. The molecule has 2 atom stereocenters. The number of amidine groups is 1. The lowest BCUT2D eigenvalue weighted by Gasteiger charge is -2.34. The van der Waals surface area contributed by atoms with Crippen molar-refractivity contribution in [3.63, 3.8) is 0 Å². The van der Waals surface area contributed by atoms with Gasteiger partial charge in [0.2, 0.25) is 0 Å². The summed E-state index contributed by atoms with van der Waals surface area (Å²) in [5.41, 5.74) is 9.08. The van der Waals surface area contributed by atoms with Crippen LogP contribution in [0.1, 0.15) is 41.2 Å². The van der Waals surface area contributed by atoms with Gasteiger partial charge in [-0.15, -0.1) is 0 Å². The van der Waals surface area contributed by atoms with E-state index in [2.05, 4.69) is 24.2 Å². The molecule has 0 unspecified atom stereocenters. The van der Waals surface area contributed by atoms with Crippen LogP contribution in [0.4, 0.5) is 0 Å². The van der Waals surface area contributed by atoms with Gasteiger partial charge in [-0.1, -0.05) is 47.3 Å². The summed E-state index contributed by atoms with van der Waals surface area (Å²) in [4.78, 5) is 4.71. The molecule has 5 heteroatoms. The second kappa shape index (κ2) is 5.22. The standard InChI is InChI=1S/C16H19N3OS/c1-10-14(11(2)20-19-10)13-9-16(3,18-15(17)21-13)12-7-5-4-6-8-12/h4-8,13H,9H2,1-3H3,(H2,17,18)/t13-,16-/m0/s1. The highest BCUT2D eigenvalue weighted by molar-refractivity contribution is 8.14. The summed E-state index contributed by atoms with van der Waals surface area (Å²) in [5.74, 6) is 0.870. The summed E-state index contributed by atoms with van der Waals surface area (Å²) in [5, 5.41) is 4.91. The lowest BCUT2D eigenvalue weighted by molar-refractivity contribution is 0.390. The van der Waals surface area contributed by atoms with Crippen LogP contribution in [0.25, 0.3) is 0 Å². The van der Waals surface area contributed by atoms with Crippen molar-refractivity contribution in [3.05, 3.63) is 52.9 Å². The fraction of sp³-hybridized carbons (Fsp3) is 0.375. The molecule has 1 aromatic heterocycles. The number of hydrogen-bond donors (Lipinski definition) is 1. The van der Waals surface area contributed by atoms with Gasteiger partial charge in [0.25, 0.3) is 0 Å². The Hall–Kier alpha value is -1.75. The second-order valence-electron chi connectivity index (χ2n) is 5.64. The summed E-state index contributed by atoms with van der Waals surface area (Å²) in [7, 11) is 0. The maximum absolute atomic E-state index is 6.11. The number of nitrogens with zero attached hydrogens (tertiary/aromatic N) is 2. The Labute approximate surface area is 128 Å². The molecule has 0 radical (unpaired) electrons. The molecule has 2 heterocycles. The fourth-order valence-electron chi connectivity index (χ4n) is 2.95. The molecule has 0 fully saturated rings. The molecule has 0 aliphatic carbocycles. The normalized spacial score (nSPS) is 25.7. The smallest absolute Gasteiger partial charge is 0.155 e. The molecule has 3 rings (SSSR count). The van der Waals surface area contributed by atoms with Gasteiger partial charge in [-0.05, 0) is 32.8 Å². The first-order valence-electron chi connectivity index (χ1n) is 7.00. The number of rotatable bonds is 2. The third-order valence-electron chi connectivity index (χ3n) is 4.01. The van der Waals surface area contributed by atoms with Crippen molar-refractivity contribution in [2.45, 2.75) is 38.0 Å². The van der Waals surface area contributed by atoms with Crippen LogP contribution < -0.4 is 5.73 Å². The number of aromatic nitrogens is 1. The zero-order valence-corrected chi connectivity index (χ0v) is 13.3. The molecular weight excluding hydrogens is 282 g/mol. The molecule has 1 aliphatic rings. The molecule has 1 aliphatic heterocycles. The Morgan fingerprint density at radius 2 is 2.00 bits per heavy atom. The van der Waals surface area contributed by atoms with Gasteiger partial charge < -0.3 is 10.3 Å². The zero-order valence-electron chi connectivity index (χ0n) is 12.5. The third-order valence-corrected chi connectivity index (χ3v) is 5.03. The predicted octanol–water partition coefficient (Wildman–Crippen LogP) is 3.70. The molecule has 0 bridgehead atoms. The van der Waals surface area contributed by atoms with E-state index in [0.29, 0.717) is 5.17 Å². The fourth-order valence-corrected chi connectivity index (χ4v) is 4.36. The van der Waals surface area contributed by atoms with Gasteiger partial charge in [0.1, 0.15) is 5.76 Å². The van der Waals surface area contributed by atoms with Gasteiger partial charge in [-0.25, -0.2) is 0 Å². The van der Waals surface area contributed by atoms with Crippen LogP contribution >= 0.6 is 11.8 Å². The lowest BCUT2D eigenvalue weighted by Crippen LogP contribution is -2.30. The first kappa shape index (κ1) is 14.2. The van der Waals surface area contributed by atoms with E-state index >= 15 is 0 Å². The number of nitrogens with two attached hydrogens (primary N) is 1. The SMILES string of the molecule is Cc1noc(C)c1[C@@H]1C[C@@](C)(c2ccccc2)N=C(N)S1. The van der Waals surface area contributed by atoms with Crippen LogP contribution in [0, 0.1) is 13.8 Å². The number of thioether (sulfide) groups is 1. The van der Waals surface area contributed by atoms with Crippen LogP contribution in [-0.2, 0) is 5.54 Å². The van der Waals surface area contributed by atoms with E-state index in [1.165, 1.54) is 5.56 Å². The van der Waals surface area contributed by atoms with Gasteiger partial charge in [0.05, 0.1) is 11.2 Å². The molecular formula is C16H19N3OS. The van der Waals surface area contributed by atoms with E-state index < -0.39 is 0 Å². The first-order valence-corrected chi connectivity index (χ1v) is 7.88. The third kappa shape index (κ3) is 2.58. The van der Waals surface area contributed by atoms with E-state index in [4.69, 9.17) is 15.2 Å². The minimum absolute atomic E-state index is 0.221. The average molecular weight is 301 g/mol. The molecule has 1 aromatic carbocycles. The Morgan fingerprint density at radius 3 is 2.62 bits per heavy atom. The van der Waals surface area contributed by atoms with E-state index in [0.717, 1.165) is 23.4 Å². The van der Waals surface area contributed by atoms with Crippen molar-refractivity contribution in [2.24, 2.45) is 10.7 Å². The van der Waals surface area contributed by atoms with Gasteiger partial charge in [-0.2, -0.15) is 0 Å². The van der Waals surface area contributed by atoms with Crippen molar-refractivity contribution in [3.8, 4) is 0 Å². The minimum Gasteiger partial charge on any atom is -0.378 e. The number of hydrogen-bond acceptors (Lipinski definition) is 5. The van der Waals surface area contributed by atoms with Gasteiger partial charge in [-0.3, -0.25) is 4.99 Å². The number of aliphatic imine (C=N–C) groups is 1. The van der Waals surface area contributed by atoms with Crippen LogP contribution in [0.5, 0.6) is 0 Å². The van der Waals surface area contributed by atoms with E-state index in [9.17, 15) is 0 Å². The van der Waals surface area contributed by atoms with Crippen molar-refractivity contribution in [1.82, 2.24) is 5.16 Å². The van der Waals surface area contributed by atoms with Crippen molar-refractivity contribution < 1.29 is 4.52 Å². The summed E-state index contributed by atoms with van der Waals surface area (Å²) in [6.07, 6.45) is 0.880. The number of benzene rings is 1. The van der Waals surface area contributed by atoms with Gasteiger partial charge in [0, 0.05) is 10.8 Å². The summed E-state index contributed by atoms with van der Waals surface area (Å²) < 4.78 is 5.31. The molecule has 110 valence electrons. The van der Waals surface area contributed by atoms with Crippen molar-refractivity contribution >= 4 is 16.9 Å². The van der Waals surface area contributed by atoms with E-state index in [1.54, 1.807) is 11.8 Å².